The topological polar surface area (TPSA) is 102 Å². The minimum atomic E-state index is -3.86. The number of halogens is 1. The number of ether oxygens (including phenoxy) is 2. The Hall–Kier alpha value is -1.68. The maximum absolute atomic E-state index is 13.1. The minimum absolute atomic E-state index is 0. The molecule has 2 unspecified atom stereocenters. The Labute approximate surface area is 164 Å². The standard InChI is InChI=1S/C17H22N2O6S.ClH/c1-24-16(20)11-7-12(17(21)25-2)9-15(8-11)26(22,23)19-6-5-13-3-4-14(10-19)18-13;/h7-9,13-14,18H,3-6,10H2,1-2H3;1H. The van der Waals surface area contributed by atoms with Gasteiger partial charge in [-0.05, 0) is 37.5 Å². The van der Waals surface area contributed by atoms with Crippen LogP contribution >= 0.6 is 12.4 Å². The fraction of sp³-hybridized carbons (Fsp3) is 0.529. The van der Waals surface area contributed by atoms with Crippen LogP contribution in [-0.4, -0.2) is 64.1 Å². The Morgan fingerprint density at radius 3 is 2.11 bits per heavy atom. The molecular weight excluding hydrogens is 396 g/mol. The summed E-state index contributed by atoms with van der Waals surface area (Å²) >= 11 is 0. The molecule has 2 saturated heterocycles. The molecule has 10 heteroatoms. The maximum Gasteiger partial charge on any atom is 0.337 e. The van der Waals surface area contributed by atoms with Crippen LogP contribution in [0.4, 0.5) is 0 Å². The smallest absolute Gasteiger partial charge is 0.337 e. The SMILES string of the molecule is COC(=O)c1cc(C(=O)OC)cc(S(=O)(=O)N2CCC3CCC(C2)N3)c1.Cl. The highest BCUT2D eigenvalue weighted by atomic mass is 35.5. The zero-order valence-electron chi connectivity index (χ0n) is 15.1. The van der Waals surface area contributed by atoms with Gasteiger partial charge in [-0.2, -0.15) is 4.31 Å². The van der Waals surface area contributed by atoms with Crippen molar-refractivity contribution in [3.8, 4) is 0 Å². The highest BCUT2D eigenvalue weighted by Gasteiger charge is 2.35. The van der Waals surface area contributed by atoms with Crippen molar-refractivity contribution in [2.45, 2.75) is 36.2 Å². The van der Waals surface area contributed by atoms with Crippen LogP contribution in [0.5, 0.6) is 0 Å². The third-order valence-electron chi connectivity index (χ3n) is 4.87. The van der Waals surface area contributed by atoms with Gasteiger partial charge < -0.3 is 14.8 Å². The van der Waals surface area contributed by atoms with Crippen molar-refractivity contribution in [2.75, 3.05) is 27.3 Å². The molecule has 2 atom stereocenters. The quantitative estimate of drug-likeness (QED) is 0.733. The molecule has 0 aliphatic carbocycles. The van der Waals surface area contributed by atoms with Crippen LogP contribution < -0.4 is 5.32 Å². The van der Waals surface area contributed by atoms with E-state index in [4.69, 9.17) is 0 Å². The number of benzene rings is 1. The second kappa shape index (κ2) is 8.55. The first-order chi connectivity index (χ1) is 12.3. The van der Waals surface area contributed by atoms with E-state index in [-0.39, 0.29) is 34.5 Å². The number of fused-ring (bicyclic) bond motifs is 2. The molecule has 2 fully saturated rings. The van der Waals surface area contributed by atoms with E-state index in [2.05, 4.69) is 14.8 Å². The second-order valence-corrected chi connectivity index (χ2v) is 8.46. The average Bonchev–Trinajstić information content (AvgIpc) is 2.97. The van der Waals surface area contributed by atoms with Crippen molar-refractivity contribution in [3.63, 3.8) is 0 Å². The van der Waals surface area contributed by atoms with Gasteiger partial charge in [0.1, 0.15) is 0 Å². The maximum atomic E-state index is 13.1. The van der Waals surface area contributed by atoms with Crippen molar-refractivity contribution in [1.29, 1.82) is 0 Å². The zero-order chi connectivity index (χ0) is 18.9. The van der Waals surface area contributed by atoms with E-state index >= 15 is 0 Å². The number of hydrogen-bond donors (Lipinski definition) is 1. The summed E-state index contributed by atoms with van der Waals surface area (Å²) in [4.78, 5) is 23.7. The molecular formula is C17H23ClN2O6S. The molecule has 8 nitrogen and oxygen atoms in total. The van der Waals surface area contributed by atoms with Crippen molar-refractivity contribution >= 4 is 34.4 Å². The first kappa shape index (κ1) is 21.6. The van der Waals surface area contributed by atoms with Crippen molar-refractivity contribution < 1.29 is 27.5 Å². The van der Waals surface area contributed by atoms with Crippen molar-refractivity contribution in [1.82, 2.24) is 9.62 Å². The second-order valence-electron chi connectivity index (χ2n) is 6.52. The normalized spacial score (nSPS) is 22.4. The molecule has 0 spiro atoms. The summed E-state index contributed by atoms with van der Waals surface area (Å²) < 4.78 is 37.0. The Bertz CT molecular complexity index is 794. The van der Waals surface area contributed by atoms with E-state index in [1.807, 2.05) is 0 Å². The molecule has 2 heterocycles. The Morgan fingerprint density at radius 1 is 1.00 bits per heavy atom. The van der Waals surface area contributed by atoms with Gasteiger partial charge in [-0.3, -0.25) is 0 Å². The highest BCUT2D eigenvalue weighted by molar-refractivity contribution is 7.89. The molecule has 2 aliphatic rings. The van der Waals surface area contributed by atoms with E-state index in [9.17, 15) is 18.0 Å². The van der Waals surface area contributed by atoms with Gasteiger partial charge in [0.25, 0.3) is 0 Å². The van der Waals surface area contributed by atoms with Crippen LogP contribution in [0.1, 0.15) is 40.0 Å². The molecule has 0 radical (unpaired) electrons. The number of hydrogen-bond acceptors (Lipinski definition) is 7. The minimum Gasteiger partial charge on any atom is -0.465 e. The van der Waals surface area contributed by atoms with Gasteiger partial charge in [0.2, 0.25) is 10.0 Å². The highest BCUT2D eigenvalue weighted by Crippen LogP contribution is 2.26. The van der Waals surface area contributed by atoms with E-state index in [1.54, 1.807) is 0 Å². The lowest BCUT2D eigenvalue weighted by Gasteiger charge is -2.24. The van der Waals surface area contributed by atoms with E-state index in [0.717, 1.165) is 19.3 Å². The van der Waals surface area contributed by atoms with Gasteiger partial charge in [0.15, 0.2) is 0 Å². The molecule has 2 bridgehead atoms. The number of carbonyl (C=O) groups is 2. The van der Waals surface area contributed by atoms with E-state index in [0.29, 0.717) is 19.1 Å². The summed E-state index contributed by atoms with van der Waals surface area (Å²) in [5.41, 5.74) is -0.0214. The number of nitrogens with zero attached hydrogens (tertiary/aromatic N) is 1. The molecule has 0 aromatic heterocycles. The molecule has 0 saturated carbocycles. The van der Waals surface area contributed by atoms with Gasteiger partial charge in [-0.15, -0.1) is 12.4 Å². The largest absolute Gasteiger partial charge is 0.465 e. The lowest BCUT2D eigenvalue weighted by molar-refractivity contribution is 0.0598. The third-order valence-corrected chi connectivity index (χ3v) is 6.72. The van der Waals surface area contributed by atoms with Gasteiger partial charge in [-0.1, -0.05) is 0 Å². The third kappa shape index (κ3) is 4.43. The van der Waals surface area contributed by atoms with Crippen LogP contribution in [0, 0.1) is 0 Å². The Morgan fingerprint density at radius 2 is 1.56 bits per heavy atom. The average molecular weight is 419 g/mol. The van der Waals surface area contributed by atoms with Gasteiger partial charge in [0.05, 0.1) is 30.2 Å². The first-order valence-corrected chi connectivity index (χ1v) is 9.87. The van der Waals surface area contributed by atoms with Crippen LogP contribution in [-0.2, 0) is 19.5 Å². The predicted molar refractivity (Wildman–Crippen MR) is 99.7 cm³/mol. The Kier molecular flexibility index (Phi) is 6.85. The summed E-state index contributed by atoms with van der Waals surface area (Å²) in [5, 5.41) is 3.43. The Balaban J connectivity index is 0.00000261. The van der Waals surface area contributed by atoms with Crippen LogP contribution in [0.3, 0.4) is 0 Å². The lowest BCUT2D eigenvalue weighted by atomic mass is 10.1. The molecule has 1 aromatic rings. The number of carbonyl (C=O) groups excluding carboxylic acids is 2. The molecule has 1 aromatic carbocycles. The van der Waals surface area contributed by atoms with Gasteiger partial charge in [0, 0.05) is 25.2 Å². The fourth-order valence-corrected chi connectivity index (χ4v) is 5.07. The molecule has 3 rings (SSSR count). The molecule has 150 valence electrons. The van der Waals surface area contributed by atoms with Crippen LogP contribution in [0.2, 0.25) is 0 Å². The van der Waals surface area contributed by atoms with E-state index < -0.39 is 22.0 Å². The predicted octanol–water partition coefficient (Wildman–Crippen LogP) is 1.20. The summed E-state index contributed by atoms with van der Waals surface area (Å²) in [7, 11) is -1.47. The monoisotopic (exact) mass is 418 g/mol. The molecule has 2 aliphatic heterocycles. The van der Waals surface area contributed by atoms with E-state index in [1.165, 1.54) is 36.7 Å². The summed E-state index contributed by atoms with van der Waals surface area (Å²) in [6.45, 7) is 0.765. The fourth-order valence-electron chi connectivity index (χ4n) is 3.50. The van der Waals surface area contributed by atoms with Gasteiger partial charge >= 0.3 is 11.9 Å². The summed E-state index contributed by atoms with van der Waals surface area (Å²) in [5.74, 6) is -1.44. The van der Waals surface area contributed by atoms with Crippen molar-refractivity contribution in [2.24, 2.45) is 0 Å². The number of rotatable bonds is 4. The first-order valence-electron chi connectivity index (χ1n) is 8.43. The van der Waals surface area contributed by atoms with Gasteiger partial charge in [-0.25, -0.2) is 18.0 Å². The summed E-state index contributed by atoms with van der Waals surface area (Å²) in [6.07, 6.45) is 2.73. The number of nitrogens with one attached hydrogen (secondary N) is 1. The summed E-state index contributed by atoms with van der Waals surface area (Å²) in [6, 6.07) is 4.21. The number of esters is 2. The lowest BCUT2D eigenvalue weighted by Crippen LogP contribution is -2.39. The molecule has 27 heavy (non-hydrogen) atoms. The van der Waals surface area contributed by atoms with Crippen molar-refractivity contribution in [3.05, 3.63) is 29.3 Å². The number of sulfonamides is 1. The van der Waals surface area contributed by atoms with Crippen LogP contribution in [0.25, 0.3) is 0 Å². The number of methoxy groups -OCH3 is 2. The molecule has 0 amide bonds. The molecule has 1 N–H and O–H groups in total. The van der Waals surface area contributed by atoms with Crippen LogP contribution in [0.15, 0.2) is 23.1 Å². The zero-order valence-corrected chi connectivity index (χ0v) is 16.8.